The Morgan fingerprint density at radius 3 is 1.06 bits per heavy atom. The topological polar surface area (TPSA) is 15.3 Å². The molecule has 0 unspecified atom stereocenters. The molecule has 0 amide bonds. The van der Waals surface area contributed by atoms with Gasteiger partial charge in [0.1, 0.15) is 0 Å². The van der Waals surface area contributed by atoms with Crippen molar-refractivity contribution < 1.29 is 0 Å². The number of benzene rings is 11. The average molecular weight is 1090 g/mol. The van der Waals surface area contributed by atoms with Gasteiger partial charge in [0, 0.05) is 65.6 Å². The molecule has 4 aromatic heterocycles. The SMILES string of the molecule is CCc1ccc(N(c2ccc([Si](C)(C)C)cc2-c2ccccc2)c2ccc3c4cc5c(cc4n4c6ccccc6c2c34)c2ccc(N(c3ccc(CC)cc3)c3ccc([Si](C)(C)C)cc3-c3ccccc3)c3c4ccccc4n5c23)cc1. The van der Waals surface area contributed by atoms with E-state index in [1.165, 1.54) is 143 Å². The van der Waals surface area contributed by atoms with Crippen LogP contribution in [0.4, 0.5) is 34.1 Å². The second-order valence-corrected chi connectivity index (χ2v) is 34.9. The molecule has 15 rings (SSSR count). The first-order chi connectivity index (χ1) is 39.9. The lowest BCUT2D eigenvalue weighted by molar-refractivity contribution is 1.14. The summed E-state index contributed by atoms with van der Waals surface area (Å²) in [7, 11) is -3.36. The van der Waals surface area contributed by atoms with Crippen LogP contribution in [0.25, 0.3) is 98.4 Å². The molecule has 0 saturated heterocycles. The maximum absolute atomic E-state index is 2.58. The van der Waals surface area contributed by atoms with E-state index in [9.17, 15) is 0 Å². The van der Waals surface area contributed by atoms with Crippen LogP contribution in [0, 0.1) is 0 Å². The number of para-hydroxylation sites is 2. The van der Waals surface area contributed by atoms with Crippen LogP contribution < -0.4 is 20.2 Å². The van der Waals surface area contributed by atoms with Crippen LogP contribution in [0.15, 0.2) is 231 Å². The average Bonchev–Trinajstić information content (AvgIpc) is 1.69. The van der Waals surface area contributed by atoms with E-state index in [0.717, 1.165) is 24.2 Å². The van der Waals surface area contributed by atoms with Gasteiger partial charge in [-0.25, -0.2) is 0 Å². The van der Waals surface area contributed by atoms with Crippen molar-refractivity contribution in [3.8, 4) is 22.3 Å². The lowest BCUT2D eigenvalue weighted by Gasteiger charge is -2.30. The van der Waals surface area contributed by atoms with Crippen molar-refractivity contribution in [2.75, 3.05) is 9.80 Å². The van der Waals surface area contributed by atoms with Gasteiger partial charge in [-0.3, -0.25) is 0 Å². The number of aromatic nitrogens is 2. The molecule has 0 spiro atoms. The minimum absolute atomic E-state index is 0.986. The number of hydrogen-bond donors (Lipinski definition) is 0. The van der Waals surface area contributed by atoms with Gasteiger partial charge in [0.25, 0.3) is 0 Å². The summed E-state index contributed by atoms with van der Waals surface area (Å²) in [5, 5.41) is 12.9. The van der Waals surface area contributed by atoms with Gasteiger partial charge in [-0.05, 0) is 108 Å². The summed E-state index contributed by atoms with van der Waals surface area (Å²) >= 11 is 0. The van der Waals surface area contributed by atoms with Crippen LogP contribution >= 0.6 is 0 Å². The van der Waals surface area contributed by atoms with E-state index in [2.05, 4.69) is 302 Å². The summed E-state index contributed by atoms with van der Waals surface area (Å²) < 4.78 is 5.16. The van der Waals surface area contributed by atoms with Crippen molar-refractivity contribution in [1.29, 1.82) is 0 Å². The fraction of sp³-hybridized carbons (Fsp3) is 0.132. The number of fused-ring (bicyclic) bond motifs is 12. The third-order valence-corrected chi connectivity index (χ3v) is 21.9. The molecule has 4 nitrogen and oxygen atoms in total. The second kappa shape index (κ2) is 18.8. The van der Waals surface area contributed by atoms with Crippen molar-refractivity contribution in [3.05, 3.63) is 242 Å². The first kappa shape index (κ1) is 50.0. The molecule has 398 valence electrons. The minimum atomic E-state index is -1.68. The standard InChI is InChI=1S/C76H66N4Si2/c1-9-49-29-33-53(34-30-49)77(67-41-37-55(81(3,4)5)45-61(67)51-21-13-11-14-22-51)69-43-39-57-63-47-72-64(48-71(63)79-65-27-19-17-25-59(65)73(69)75(57)79)58-40-44-70(74-60-26-18-20-28-66(60)80(72)76(58)74)78(54-35-31-50(10-2)32-36-54)68-42-38-56(82(6,7)8)46-62(68)52-23-15-12-16-24-52/h11-48H,9-10H2,1-8H3. The van der Waals surface area contributed by atoms with Crippen LogP contribution in [0.3, 0.4) is 0 Å². The highest BCUT2D eigenvalue weighted by Gasteiger charge is 2.31. The smallest absolute Gasteiger partial charge is 0.0776 e. The summed E-state index contributed by atoms with van der Waals surface area (Å²) in [4.78, 5) is 5.10. The van der Waals surface area contributed by atoms with E-state index >= 15 is 0 Å². The molecule has 0 atom stereocenters. The van der Waals surface area contributed by atoms with Crippen LogP contribution in [0.5, 0.6) is 0 Å². The first-order valence-corrected chi connectivity index (χ1v) is 36.4. The Labute approximate surface area is 482 Å². The maximum atomic E-state index is 2.58. The lowest BCUT2D eigenvalue weighted by Crippen LogP contribution is -2.37. The number of hydrogen-bond acceptors (Lipinski definition) is 2. The van der Waals surface area contributed by atoms with Gasteiger partial charge in [-0.15, -0.1) is 0 Å². The first-order valence-electron chi connectivity index (χ1n) is 29.4. The van der Waals surface area contributed by atoms with Crippen LogP contribution in [0.1, 0.15) is 25.0 Å². The largest absolute Gasteiger partial charge is 0.309 e. The number of rotatable bonds is 12. The Balaban J connectivity index is 1.00. The molecule has 6 heteroatoms. The molecule has 15 aromatic rings. The van der Waals surface area contributed by atoms with Gasteiger partial charge in [-0.2, -0.15) is 0 Å². The summed E-state index contributed by atoms with van der Waals surface area (Å²) in [5.41, 5.74) is 22.0. The second-order valence-electron chi connectivity index (χ2n) is 24.7. The number of anilines is 6. The lowest BCUT2D eigenvalue weighted by atomic mass is 9.99. The molecule has 11 aromatic carbocycles. The van der Waals surface area contributed by atoms with E-state index in [1.807, 2.05) is 0 Å². The molecular weight excluding hydrogens is 1030 g/mol. The van der Waals surface area contributed by atoms with Gasteiger partial charge in [0.15, 0.2) is 0 Å². The minimum Gasteiger partial charge on any atom is -0.309 e. The van der Waals surface area contributed by atoms with Gasteiger partial charge < -0.3 is 18.6 Å². The Hall–Kier alpha value is -8.95. The quantitative estimate of drug-likeness (QED) is 0.113. The third kappa shape index (κ3) is 7.68. The molecule has 0 saturated carbocycles. The molecule has 0 aliphatic heterocycles. The molecule has 0 fully saturated rings. The van der Waals surface area contributed by atoms with Crippen molar-refractivity contribution in [1.82, 2.24) is 8.80 Å². The van der Waals surface area contributed by atoms with E-state index in [4.69, 9.17) is 0 Å². The van der Waals surface area contributed by atoms with Crippen molar-refractivity contribution in [3.63, 3.8) is 0 Å². The summed E-state index contributed by atoms with van der Waals surface area (Å²) in [6, 6.07) is 88.1. The highest BCUT2D eigenvalue weighted by molar-refractivity contribution is 6.89. The van der Waals surface area contributed by atoms with Gasteiger partial charge in [0.05, 0.1) is 72.0 Å². The molecular formula is C76H66N4Si2. The molecule has 0 bridgehead atoms. The van der Waals surface area contributed by atoms with Gasteiger partial charge >= 0.3 is 0 Å². The number of aryl methyl sites for hydroxylation is 2. The van der Waals surface area contributed by atoms with Crippen molar-refractivity contribution >= 4 is 137 Å². The highest BCUT2D eigenvalue weighted by atomic mass is 28.3. The number of nitrogens with zero attached hydrogens (tertiary/aromatic N) is 4. The summed E-state index contributed by atoms with van der Waals surface area (Å²) in [6.07, 6.45) is 1.97. The molecule has 0 N–H and O–H groups in total. The molecule has 4 heterocycles. The predicted octanol–water partition coefficient (Wildman–Crippen LogP) is 20.5. The van der Waals surface area contributed by atoms with Gasteiger partial charge in [0.2, 0.25) is 0 Å². The Kier molecular flexibility index (Phi) is 11.5. The third-order valence-electron chi connectivity index (χ3n) is 17.8. The van der Waals surface area contributed by atoms with E-state index in [1.54, 1.807) is 0 Å². The van der Waals surface area contributed by atoms with E-state index in [0.29, 0.717) is 0 Å². The van der Waals surface area contributed by atoms with Gasteiger partial charge in [-0.1, -0.05) is 221 Å². The maximum Gasteiger partial charge on any atom is 0.0776 e. The molecule has 82 heavy (non-hydrogen) atoms. The van der Waals surface area contributed by atoms with E-state index < -0.39 is 16.1 Å². The Morgan fingerprint density at radius 1 is 0.317 bits per heavy atom. The highest BCUT2D eigenvalue weighted by Crippen LogP contribution is 2.53. The zero-order valence-corrected chi connectivity index (χ0v) is 50.1. The van der Waals surface area contributed by atoms with E-state index in [-0.39, 0.29) is 0 Å². The van der Waals surface area contributed by atoms with Crippen molar-refractivity contribution in [2.24, 2.45) is 0 Å². The van der Waals surface area contributed by atoms with Crippen LogP contribution in [-0.4, -0.2) is 24.9 Å². The summed E-state index contributed by atoms with van der Waals surface area (Å²) in [5.74, 6) is 0. The predicted molar refractivity (Wildman–Crippen MR) is 361 cm³/mol. The zero-order chi connectivity index (χ0) is 55.8. The monoisotopic (exact) mass is 1090 g/mol. The Bertz CT molecular complexity index is 4630. The molecule has 0 aliphatic carbocycles. The fourth-order valence-electron chi connectivity index (χ4n) is 13.5. The fourth-order valence-corrected chi connectivity index (χ4v) is 15.8. The normalized spacial score (nSPS) is 12.5. The van der Waals surface area contributed by atoms with Crippen molar-refractivity contribution in [2.45, 2.75) is 66.0 Å². The molecule has 0 aliphatic rings. The van der Waals surface area contributed by atoms with Crippen LogP contribution in [-0.2, 0) is 12.8 Å². The van der Waals surface area contributed by atoms with Crippen LogP contribution in [0.2, 0.25) is 39.3 Å². The Morgan fingerprint density at radius 2 is 0.683 bits per heavy atom. The summed E-state index contributed by atoms with van der Waals surface area (Å²) in [6.45, 7) is 19.2. The zero-order valence-electron chi connectivity index (χ0n) is 48.1. The molecule has 0 radical (unpaired) electrons.